The Morgan fingerprint density at radius 3 is 2.45 bits per heavy atom. The number of nitrogens with one attached hydrogen (secondary N) is 2. The Balaban J connectivity index is 1.50. The highest BCUT2D eigenvalue weighted by molar-refractivity contribution is 7.08. The van der Waals surface area contributed by atoms with Crippen LogP contribution in [0.3, 0.4) is 0 Å². The van der Waals surface area contributed by atoms with Crippen LogP contribution >= 0.6 is 11.3 Å². The average molecular weight is 408 g/mol. The van der Waals surface area contributed by atoms with Gasteiger partial charge >= 0.3 is 5.97 Å². The third-order valence-corrected chi connectivity index (χ3v) is 4.77. The zero-order valence-corrected chi connectivity index (χ0v) is 16.4. The fourth-order valence-corrected chi connectivity index (χ4v) is 3.25. The Morgan fingerprint density at radius 2 is 1.69 bits per heavy atom. The second kappa shape index (κ2) is 10.2. The van der Waals surface area contributed by atoms with Crippen LogP contribution in [0.2, 0.25) is 0 Å². The molecule has 0 fully saturated rings. The predicted octanol–water partition coefficient (Wildman–Crippen LogP) is 3.52. The number of ether oxygens (including phenoxy) is 1. The van der Waals surface area contributed by atoms with Crippen LogP contribution in [0.25, 0.3) is 0 Å². The predicted molar refractivity (Wildman–Crippen MR) is 112 cm³/mol. The maximum Gasteiger partial charge on any atom is 0.340 e. The van der Waals surface area contributed by atoms with Crippen molar-refractivity contribution in [2.24, 2.45) is 0 Å². The summed E-state index contributed by atoms with van der Waals surface area (Å²) in [7, 11) is 0. The third kappa shape index (κ3) is 6.02. The lowest BCUT2D eigenvalue weighted by atomic mass is 10.1. The molecule has 2 N–H and O–H groups in total. The third-order valence-electron chi connectivity index (χ3n) is 4.09. The lowest BCUT2D eigenvalue weighted by molar-refractivity contribution is -0.124. The van der Waals surface area contributed by atoms with Crippen LogP contribution in [0.5, 0.6) is 0 Å². The number of amides is 2. The maximum absolute atomic E-state index is 12.4. The summed E-state index contributed by atoms with van der Waals surface area (Å²) in [6, 6.07) is 18.0. The summed E-state index contributed by atoms with van der Waals surface area (Å²) in [4.78, 5) is 36.5. The van der Waals surface area contributed by atoms with Crippen LogP contribution < -0.4 is 10.6 Å². The highest BCUT2D eigenvalue weighted by Crippen LogP contribution is 2.18. The molecule has 0 radical (unpaired) electrons. The topological polar surface area (TPSA) is 84.5 Å². The van der Waals surface area contributed by atoms with Crippen molar-refractivity contribution in [1.29, 1.82) is 0 Å². The molecular weight excluding hydrogens is 388 g/mol. The molecule has 3 aromatic rings. The summed E-state index contributed by atoms with van der Waals surface area (Å²) in [5.41, 5.74) is 2.14. The van der Waals surface area contributed by atoms with Gasteiger partial charge in [-0.05, 0) is 35.6 Å². The van der Waals surface area contributed by atoms with E-state index in [0.717, 1.165) is 5.56 Å². The van der Waals surface area contributed by atoms with Crippen molar-refractivity contribution >= 4 is 34.8 Å². The van der Waals surface area contributed by atoms with Crippen molar-refractivity contribution in [2.75, 3.05) is 18.5 Å². The number of esters is 1. The molecule has 0 unspecified atom stereocenters. The van der Waals surface area contributed by atoms with Gasteiger partial charge in [-0.25, -0.2) is 4.79 Å². The highest BCUT2D eigenvalue weighted by atomic mass is 32.1. The van der Waals surface area contributed by atoms with Gasteiger partial charge in [0.1, 0.15) is 0 Å². The van der Waals surface area contributed by atoms with Crippen LogP contribution in [-0.2, 0) is 16.0 Å². The number of anilines is 1. The Hall–Kier alpha value is -3.45. The first kappa shape index (κ1) is 20.3. The molecule has 0 spiro atoms. The fraction of sp³-hybridized carbons (Fsp3) is 0.136. The van der Waals surface area contributed by atoms with Gasteiger partial charge < -0.3 is 15.4 Å². The summed E-state index contributed by atoms with van der Waals surface area (Å²) in [5, 5.41) is 8.93. The molecule has 0 atom stereocenters. The van der Waals surface area contributed by atoms with E-state index < -0.39 is 5.97 Å². The van der Waals surface area contributed by atoms with E-state index in [9.17, 15) is 14.4 Å². The van der Waals surface area contributed by atoms with Gasteiger partial charge in [0.25, 0.3) is 11.8 Å². The van der Waals surface area contributed by atoms with Crippen molar-refractivity contribution in [3.05, 3.63) is 88.1 Å². The minimum absolute atomic E-state index is 0.188. The van der Waals surface area contributed by atoms with Gasteiger partial charge in [0, 0.05) is 11.9 Å². The minimum Gasteiger partial charge on any atom is -0.452 e. The van der Waals surface area contributed by atoms with Gasteiger partial charge in [-0.3, -0.25) is 9.59 Å². The van der Waals surface area contributed by atoms with E-state index in [0.29, 0.717) is 24.2 Å². The molecule has 2 aromatic carbocycles. The van der Waals surface area contributed by atoms with E-state index in [-0.39, 0.29) is 24.0 Å². The summed E-state index contributed by atoms with van der Waals surface area (Å²) in [6.45, 7) is 0.0636. The summed E-state index contributed by atoms with van der Waals surface area (Å²) in [5.74, 6) is -1.37. The highest BCUT2D eigenvalue weighted by Gasteiger charge is 2.16. The number of hydrogen-bond acceptors (Lipinski definition) is 5. The van der Waals surface area contributed by atoms with Crippen molar-refractivity contribution in [3.8, 4) is 0 Å². The lowest BCUT2D eigenvalue weighted by Gasteiger charge is -2.11. The molecule has 1 heterocycles. The minimum atomic E-state index is -0.676. The monoisotopic (exact) mass is 408 g/mol. The maximum atomic E-state index is 12.4. The van der Waals surface area contributed by atoms with Gasteiger partial charge in [-0.15, -0.1) is 0 Å². The SMILES string of the molecule is O=C(COC(=O)c1ccccc1NC(=O)c1ccsc1)NCCc1ccccc1. The summed E-state index contributed by atoms with van der Waals surface area (Å²) in [6.07, 6.45) is 0.692. The zero-order valence-electron chi connectivity index (χ0n) is 15.6. The molecule has 148 valence electrons. The van der Waals surface area contributed by atoms with E-state index in [1.165, 1.54) is 11.3 Å². The number of carbonyl (C=O) groups is 3. The number of carbonyl (C=O) groups excluding carboxylic acids is 3. The van der Waals surface area contributed by atoms with E-state index >= 15 is 0 Å². The van der Waals surface area contributed by atoms with E-state index in [4.69, 9.17) is 4.74 Å². The Bertz CT molecular complexity index is 971. The van der Waals surface area contributed by atoms with Gasteiger partial charge in [-0.2, -0.15) is 11.3 Å². The number of para-hydroxylation sites is 1. The molecule has 0 saturated heterocycles. The van der Waals surface area contributed by atoms with Crippen molar-refractivity contribution in [1.82, 2.24) is 5.32 Å². The average Bonchev–Trinajstić information content (AvgIpc) is 3.28. The second-order valence-electron chi connectivity index (χ2n) is 6.17. The van der Waals surface area contributed by atoms with E-state index in [2.05, 4.69) is 10.6 Å². The second-order valence-corrected chi connectivity index (χ2v) is 6.95. The van der Waals surface area contributed by atoms with Crippen molar-refractivity contribution in [2.45, 2.75) is 6.42 Å². The number of rotatable bonds is 8. The fourth-order valence-electron chi connectivity index (χ4n) is 2.61. The zero-order chi connectivity index (χ0) is 20.5. The van der Waals surface area contributed by atoms with Crippen molar-refractivity contribution in [3.63, 3.8) is 0 Å². The summed E-state index contributed by atoms with van der Waals surface area (Å²) >= 11 is 1.41. The molecular formula is C22H20N2O4S. The molecule has 29 heavy (non-hydrogen) atoms. The number of hydrogen-bond donors (Lipinski definition) is 2. The van der Waals surface area contributed by atoms with Crippen LogP contribution in [0.4, 0.5) is 5.69 Å². The molecule has 6 nitrogen and oxygen atoms in total. The van der Waals surface area contributed by atoms with Gasteiger partial charge in [0.05, 0.1) is 16.8 Å². The van der Waals surface area contributed by atoms with Crippen LogP contribution in [0, 0.1) is 0 Å². The van der Waals surface area contributed by atoms with Gasteiger partial charge in [0.2, 0.25) is 0 Å². The molecule has 0 aliphatic heterocycles. The molecule has 3 rings (SSSR count). The molecule has 0 saturated carbocycles. The molecule has 7 heteroatoms. The molecule has 0 bridgehead atoms. The quantitative estimate of drug-likeness (QED) is 0.559. The Labute approximate surface area is 172 Å². The standard InChI is InChI=1S/C22H20N2O4S/c25-20(23-12-10-16-6-2-1-3-7-16)14-28-22(27)18-8-4-5-9-19(18)24-21(26)17-11-13-29-15-17/h1-9,11,13,15H,10,12,14H2,(H,23,25)(H,24,26). The molecule has 2 amide bonds. The summed E-state index contributed by atoms with van der Waals surface area (Å²) < 4.78 is 5.11. The normalized spacial score (nSPS) is 10.2. The Kier molecular flexibility index (Phi) is 7.13. The largest absolute Gasteiger partial charge is 0.452 e. The number of thiophene rings is 1. The Morgan fingerprint density at radius 1 is 0.931 bits per heavy atom. The first-order valence-corrected chi connectivity index (χ1v) is 9.98. The van der Waals surface area contributed by atoms with Gasteiger partial charge in [0.15, 0.2) is 6.61 Å². The molecule has 0 aliphatic rings. The van der Waals surface area contributed by atoms with Crippen LogP contribution in [0.1, 0.15) is 26.3 Å². The molecule has 0 aliphatic carbocycles. The van der Waals surface area contributed by atoms with Crippen molar-refractivity contribution < 1.29 is 19.1 Å². The van der Waals surface area contributed by atoms with Gasteiger partial charge in [-0.1, -0.05) is 42.5 Å². The molecule has 1 aromatic heterocycles. The lowest BCUT2D eigenvalue weighted by Crippen LogP contribution is -2.30. The smallest absolute Gasteiger partial charge is 0.340 e. The van der Waals surface area contributed by atoms with Crippen LogP contribution in [0.15, 0.2) is 71.4 Å². The van der Waals surface area contributed by atoms with E-state index in [1.807, 2.05) is 30.3 Å². The first-order chi connectivity index (χ1) is 14.1. The number of benzene rings is 2. The van der Waals surface area contributed by atoms with E-state index in [1.54, 1.807) is 41.1 Å². The van der Waals surface area contributed by atoms with Crippen LogP contribution in [-0.4, -0.2) is 30.9 Å². The first-order valence-electron chi connectivity index (χ1n) is 9.04.